The number of rotatable bonds is 2. The summed E-state index contributed by atoms with van der Waals surface area (Å²) < 4.78 is 1.70. The third-order valence-corrected chi connectivity index (χ3v) is 3.17. The van der Waals surface area contributed by atoms with Gasteiger partial charge in [-0.15, -0.1) is 0 Å². The number of fused-ring (bicyclic) bond motifs is 1. The molecule has 0 saturated carbocycles. The zero-order chi connectivity index (χ0) is 13.6. The van der Waals surface area contributed by atoms with Crippen LogP contribution >= 0.6 is 0 Å². The predicted molar refractivity (Wildman–Crippen MR) is 66.2 cm³/mol. The zero-order valence-corrected chi connectivity index (χ0v) is 10.3. The van der Waals surface area contributed by atoms with E-state index in [2.05, 4.69) is 9.97 Å². The van der Waals surface area contributed by atoms with Crippen LogP contribution in [0.25, 0.3) is 11.0 Å². The van der Waals surface area contributed by atoms with Crippen molar-refractivity contribution in [1.29, 1.82) is 0 Å². The van der Waals surface area contributed by atoms with E-state index in [0.29, 0.717) is 17.5 Å². The van der Waals surface area contributed by atoms with E-state index in [4.69, 9.17) is 20.6 Å². The number of anilines is 1. The number of aliphatic hydroxyl groups is 1. The van der Waals surface area contributed by atoms with Gasteiger partial charge in [0.05, 0.1) is 12.0 Å². The van der Waals surface area contributed by atoms with E-state index >= 15 is 0 Å². The van der Waals surface area contributed by atoms with Crippen LogP contribution < -0.4 is 11.3 Å². The fourth-order valence-corrected chi connectivity index (χ4v) is 2.29. The highest BCUT2D eigenvalue weighted by molar-refractivity contribution is 5.80. The lowest BCUT2D eigenvalue weighted by atomic mass is 10.2. The Morgan fingerprint density at radius 3 is 3.11 bits per heavy atom. The van der Waals surface area contributed by atoms with Crippen molar-refractivity contribution in [3.63, 3.8) is 0 Å². The average Bonchev–Trinajstić information content (AvgIpc) is 2.93. The molecule has 19 heavy (non-hydrogen) atoms. The fourth-order valence-electron chi connectivity index (χ4n) is 2.29. The minimum absolute atomic E-state index is 0.0504. The molecule has 102 valence electrons. The standard InChI is InChI=1S/C11H14N4O4/c1-5-3-15(7-2-6(4-16)18-19-7)9-8(5)10(17)14-11(12)13-9/h3,6-7,16H,2,4H2,1H3,(H3,12,13,14,17). The van der Waals surface area contributed by atoms with Crippen molar-refractivity contribution in [1.82, 2.24) is 14.5 Å². The lowest BCUT2D eigenvalue weighted by molar-refractivity contribution is -0.313. The maximum absolute atomic E-state index is 11.9. The van der Waals surface area contributed by atoms with Gasteiger partial charge in [0, 0.05) is 12.6 Å². The normalized spacial score (nSPS) is 23.3. The summed E-state index contributed by atoms with van der Waals surface area (Å²) in [6.07, 6.45) is 1.44. The number of aryl methyl sites for hydroxylation is 1. The minimum Gasteiger partial charge on any atom is -0.394 e. The molecule has 8 nitrogen and oxygen atoms in total. The number of nitrogens with two attached hydrogens (primary N) is 1. The van der Waals surface area contributed by atoms with Crippen LogP contribution in [0.4, 0.5) is 5.95 Å². The summed E-state index contributed by atoms with van der Waals surface area (Å²) in [5, 5.41) is 9.51. The lowest BCUT2D eigenvalue weighted by Crippen LogP contribution is -2.14. The predicted octanol–water partition coefficient (Wildman–Crippen LogP) is -0.173. The second-order valence-electron chi connectivity index (χ2n) is 4.56. The van der Waals surface area contributed by atoms with Gasteiger partial charge in [0.25, 0.3) is 5.56 Å². The van der Waals surface area contributed by atoms with Crippen molar-refractivity contribution in [3.8, 4) is 0 Å². The second-order valence-corrected chi connectivity index (χ2v) is 4.56. The first kappa shape index (κ1) is 12.2. The summed E-state index contributed by atoms with van der Waals surface area (Å²) in [7, 11) is 0. The molecule has 1 saturated heterocycles. The molecule has 8 heteroatoms. The van der Waals surface area contributed by atoms with Crippen LogP contribution in [0.1, 0.15) is 18.2 Å². The topological polar surface area (TPSA) is 115 Å². The van der Waals surface area contributed by atoms with Gasteiger partial charge in [0.15, 0.2) is 11.9 Å². The molecular formula is C11H14N4O4. The summed E-state index contributed by atoms with van der Waals surface area (Å²) in [5.41, 5.74) is 6.51. The van der Waals surface area contributed by atoms with Crippen molar-refractivity contribution < 1.29 is 14.9 Å². The largest absolute Gasteiger partial charge is 0.394 e. The lowest BCUT2D eigenvalue weighted by Gasteiger charge is -2.09. The van der Waals surface area contributed by atoms with Crippen LogP contribution in [0, 0.1) is 6.92 Å². The number of nitrogen functional groups attached to an aromatic ring is 1. The molecule has 0 amide bonds. The zero-order valence-electron chi connectivity index (χ0n) is 10.3. The Hall–Kier alpha value is -1.90. The van der Waals surface area contributed by atoms with E-state index in [1.165, 1.54) is 0 Å². The molecule has 2 aromatic rings. The van der Waals surface area contributed by atoms with Crippen molar-refractivity contribution in [3.05, 3.63) is 22.1 Å². The number of hydrogen-bond donors (Lipinski definition) is 3. The van der Waals surface area contributed by atoms with E-state index in [0.717, 1.165) is 5.56 Å². The Balaban J connectivity index is 2.12. The van der Waals surface area contributed by atoms with E-state index in [9.17, 15) is 4.79 Å². The maximum Gasteiger partial charge on any atom is 0.262 e. The molecule has 1 aliphatic heterocycles. The van der Waals surface area contributed by atoms with Crippen LogP contribution in [0.3, 0.4) is 0 Å². The Morgan fingerprint density at radius 1 is 1.63 bits per heavy atom. The Bertz CT molecular complexity index is 677. The quantitative estimate of drug-likeness (QED) is 0.650. The molecule has 0 radical (unpaired) electrons. The molecule has 0 aromatic carbocycles. The van der Waals surface area contributed by atoms with Crippen LogP contribution in [0.2, 0.25) is 0 Å². The van der Waals surface area contributed by atoms with Crippen molar-refractivity contribution in [2.24, 2.45) is 0 Å². The Kier molecular flexibility index (Phi) is 2.77. The van der Waals surface area contributed by atoms with E-state index in [1.54, 1.807) is 10.8 Å². The molecule has 4 N–H and O–H groups in total. The van der Waals surface area contributed by atoms with Gasteiger partial charge in [-0.1, -0.05) is 0 Å². The molecule has 2 atom stereocenters. The fraction of sp³-hybridized carbons (Fsp3) is 0.455. The maximum atomic E-state index is 11.9. The van der Waals surface area contributed by atoms with Gasteiger partial charge in [-0.2, -0.15) is 4.98 Å². The summed E-state index contributed by atoms with van der Waals surface area (Å²) in [4.78, 5) is 28.6. The molecule has 2 aromatic heterocycles. The van der Waals surface area contributed by atoms with Crippen molar-refractivity contribution >= 4 is 17.0 Å². The van der Waals surface area contributed by atoms with Crippen molar-refractivity contribution in [2.75, 3.05) is 12.3 Å². The highest BCUT2D eigenvalue weighted by Crippen LogP contribution is 2.29. The number of nitrogens with zero attached hydrogens (tertiary/aromatic N) is 2. The molecule has 0 spiro atoms. The molecular weight excluding hydrogens is 252 g/mol. The van der Waals surface area contributed by atoms with Crippen LogP contribution in [-0.2, 0) is 9.78 Å². The molecule has 0 aliphatic carbocycles. The summed E-state index contributed by atoms with van der Waals surface area (Å²) in [5.74, 6) is 0.0504. The minimum atomic E-state index is -0.429. The van der Waals surface area contributed by atoms with E-state index in [1.807, 2.05) is 6.92 Å². The number of nitrogens with one attached hydrogen (secondary N) is 1. The first-order valence-electron chi connectivity index (χ1n) is 5.90. The second kappa shape index (κ2) is 4.34. The first-order valence-corrected chi connectivity index (χ1v) is 5.90. The Labute approximate surface area is 107 Å². The third kappa shape index (κ3) is 1.89. The number of H-pyrrole nitrogens is 1. The number of aromatic amines is 1. The van der Waals surface area contributed by atoms with Gasteiger partial charge < -0.3 is 15.4 Å². The van der Waals surface area contributed by atoms with Crippen LogP contribution in [0.15, 0.2) is 11.0 Å². The average molecular weight is 266 g/mol. The third-order valence-electron chi connectivity index (χ3n) is 3.17. The number of aliphatic hydroxyl groups excluding tert-OH is 1. The van der Waals surface area contributed by atoms with Gasteiger partial charge in [-0.3, -0.25) is 9.78 Å². The summed E-state index contributed by atoms with van der Waals surface area (Å²) in [6.45, 7) is 1.69. The SMILES string of the molecule is Cc1cn(C2CC(CO)OO2)c2nc(N)[nH]c(=O)c12. The number of hydrogen-bond acceptors (Lipinski definition) is 6. The van der Waals surface area contributed by atoms with Gasteiger partial charge in [0.1, 0.15) is 6.10 Å². The Morgan fingerprint density at radius 2 is 2.42 bits per heavy atom. The highest BCUT2D eigenvalue weighted by atomic mass is 17.2. The summed E-state index contributed by atoms with van der Waals surface area (Å²) >= 11 is 0. The smallest absolute Gasteiger partial charge is 0.262 e. The van der Waals surface area contributed by atoms with Gasteiger partial charge in [0.2, 0.25) is 5.95 Å². The molecule has 3 heterocycles. The molecule has 3 rings (SSSR count). The highest BCUT2D eigenvalue weighted by Gasteiger charge is 2.30. The molecule has 1 fully saturated rings. The molecule has 1 aliphatic rings. The van der Waals surface area contributed by atoms with Gasteiger partial charge >= 0.3 is 0 Å². The van der Waals surface area contributed by atoms with E-state index < -0.39 is 6.23 Å². The van der Waals surface area contributed by atoms with Crippen molar-refractivity contribution in [2.45, 2.75) is 25.7 Å². The van der Waals surface area contributed by atoms with Gasteiger partial charge in [-0.25, -0.2) is 9.78 Å². The molecule has 0 bridgehead atoms. The van der Waals surface area contributed by atoms with Crippen LogP contribution in [-0.4, -0.2) is 32.4 Å². The first-order chi connectivity index (χ1) is 9.10. The van der Waals surface area contributed by atoms with E-state index in [-0.39, 0.29) is 24.2 Å². The molecule has 2 unspecified atom stereocenters. The summed E-state index contributed by atoms with van der Waals surface area (Å²) in [6, 6.07) is 0. The number of aromatic nitrogens is 3. The monoisotopic (exact) mass is 266 g/mol. The van der Waals surface area contributed by atoms with Gasteiger partial charge in [-0.05, 0) is 12.5 Å². The van der Waals surface area contributed by atoms with Crippen LogP contribution in [0.5, 0.6) is 0 Å².